The fourth-order valence-electron chi connectivity index (χ4n) is 4.63. The molecule has 0 unspecified atom stereocenters. The van der Waals surface area contributed by atoms with Gasteiger partial charge in [-0.2, -0.15) is 0 Å². The van der Waals surface area contributed by atoms with Gasteiger partial charge in [-0.1, -0.05) is 18.9 Å². The summed E-state index contributed by atoms with van der Waals surface area (Å²) in [5.74, 6) is 0.894. The van der Waals surface area contributed by atoms with E-state index in [-0.39, 0.29) is 17.7 Å². The fourth-order valence-corrected chi connectivity index (χ4v) is 5.43. The Hall–Kier alpha value is -2.21. The maximum Gasteiger partial charge on any atom is 0.231 e. The van der Waals surface area contributed by atoms with Crippen LogP contribution in [-0.4, -0.2) is 30.4 Å². The number of anilines is 2. The largest absolute Gasteiger partial charge is 0.312 e. The predicted molar refractivity (Wildman–Crippen MR) is 116 cm³/mol. The summed E-state index contributed by atoms with van der Waals surface area (Å²) in [4.78, 5) is 33.8. The van der Waals surface area contributed by atoms with E-state index < -0.39 is 0 Å². The zero-order valence-electron chi connectivity index (χ0n) is 16.9. The number of benzene rings is 1. The standard InChI is InChI=1S/C23H27N3O2S/c1-25(21(27)15-5-2-3-6-15)23-24-19(14-29-23)17-10-11-20-18(13-17)7-4-12-26(20)22(28)16-8-9-16/h10-11,13-16H,2-9,12H2,1H3. The van der Waals surface area contributed by atoms with Crippen molar-refractivity contribution in [2.45, 2.75) is 51.4 Å². The van der Waals surface area contributed by atoms with Crippen LogP contribution >= 0.6 is 11.3 Å². The molecular formula is C23H27N3O2S. The summed E-state index contributed by atoms with van der Waals surface area (Å²) in [6, 6.07) is 6.32. The number of aryl methyl sites for hydroxylation is 1. The Kier molecular flexibility index (Phi) is 4.90. The third-order valence-corrected chi connectivity index (χ3v) is 7.42. The lowest BCUT2D eigenvalue weighted by molar-refractivity contribution is -0.122. The van der Waals surface area contributed by atoms with Crippen LogP contribution < -0.4 is 9.80 Å². The van der Waals surface area contributed by atoms with Gasteiger partial charge >= 0.3 is 0 Å². The van der Waals surface area contributed by atoms with E-state index in [0.29, 0.717) is 5.91 Å². The molecule has 0 N–H and O–H groups in total. The minimum atomic E-state index is 0.158. The van der Waals surface area contributed by atoms with Gasteiger partial charge in [0.15, 0.2) is 5.13 Å². The number of carbonyl (C=O) groups is 2. The molecule has 0 spiro atoms. The van der Waals surface area contributed by atoms with Crippen molar-refractivity contribution in [3.63, 3.8) is 0 Å². The van der Waals surface area contributed by atoms with Gasteiger partial charge in [0.25, 0.3) is 0 Å². The predicted octanol–water partition coefficient (Wildman–Crippen LogP) is 4.65. The van der Waals surface area contributed by atoms with Gasteiger partial charge in [-0.05, 0) is 56.2 Å². The first-order chi connectivity index (χ1) is 14.1. The maximum absolute atomic E-state index is 12.7. The van der Waals surface area contributed by atoms with Crippen LogP contribution in [0.2, 0.25) is 0 Å². The molecule has 0 saturated heterocycles. The molecule has 2 saturated carbocycles. The third kappa shape index (κ3) is 3.59. The Morgan fingerprint density at radius 2 is 1.90 bits per heavy atom. The molecule has 1 aromatic carbocycles. The van der Waals surface area contributed by atoms with Gasteiger partial charge in [-0.3, -0.25) is 14.5 Å². The average Bonchev–Trinajstić information content (AvgIpc) is 3.24. The van der Waals surface area contributed by atoms with Gasteiger partial charge in [-0.15, -0.1) is 11.3 Å². The van der Waals surface area contributed by atoms with Crippen LogP contribution in [0.4, 0.5) is 10.8 Å². The van der Waals surface area contributed by atoms with E-state index in [4.69, 9.17) is 4.98 Å². The summed E-state index contributed by atoms with van der Waals surface area (Å²) in [5.41, 5.74) is 4.27. The highest BCUT2D eigenvalue weighted by Gasteiger charge is 2.35. The number of rotatable bonds is 4. The number of nitrogens with zero attached hydrogens (tertiary/aromatic N) is 3. The van der Waals surface area contributed by atoms with Crippen LogP contribution in [0.1, 0.15) is 50.5 Å². The minimum absolute atomic E-state index is 0.158. The lowest BCUT2D eigenvalue weighted by Crippen LogP contribution is -2.36. The second-order valence-corrected chi connectivity index (χ2v) is 9.44. The molecule has 0 radical (unpaired) electrons. The molecule has 3 aliphatic rings. The van der Waals surface area contributed by atoms with Crippen molar-refractivity contribution >= 4 is 34.0 Å². The highest BCUT2D eigenvalue weighted by Crippen LogP contribution is 2.38. The van der Waals surface area contributed by atoms with Gasteiger partial charge < -0.3 is 4.90 Å². The number of amides is 2. The molecule has 5 rings (SSSR count). The van der Waals surface area contributed by atoms with Gasteiger partial charge in [0.05, 0.1) is 5.69 Å². The molecule has 0 bridgehead atoms. The van der Waals surface area contributed by atoms with E-state index in [0.717, 1.165) is 80.0 Å². The van der Waals surface area contributed by atoms with Crippen molar-refractivity contribution in [3.8, 4) is 11.3 Å². The molecule has 152 valence electrons. The molecule has 6 heteroatoms. The second-order valence-electron chi connectivity index (χ2n) is 8.61. The van der Waals surface area contributed by atoms with Gasteiger partial charge in [0, 0.05) is 42.1 Å². The Morgan fingerprint density at radius 1 is 1.10 bits per heavy atom. The normalized spacial score (nSPS) is 19.3. The summed E-state index contributed by atoms with van der Waals surface area (Å²) in [6.07, 6.45) is 8.40. The Bertz CT molecular complexity index is 943. The van der Waals surface area contributed by atoms with E-state index in [2.05, 4.69) is 18.2 Å². The first kappa shape index (κ1) is 18.8. The van der Waals surface area contributed by atoms with Crippen LogP contribution in [-0.2, 0) is 16.0 Å². The van der Waals surface area contributed by atoms with E-state index in [1.54, 1.807) is 4.90 Å². The van der Waals surface area contributed by atoms with Crippen molar-refractivity contribution in [2.75, 3.05) is 23.4 Å². The van der Waals surface area contributed by atoms with Crippen LogP contribution in [0.15, 0.2) is 23.6 Å². The molecular weight excluding hydrogens is 382 g/mol. The van der Waals surface area contributed by atoms with Gasteiger partial charge in [-0.25, -0.2) is 4.98 Å². The molecule has 2 aromatic rings. The van der Waals surface area contributed by atoms with Crippen LogP contribution in [0.25, 0.3) is 11.3 Å². The molecule has 5 nitrogen and oxygen atoms in total. The molecule has 1 aromatic heterocycles. The number of thiazole rings is 1. The molecule has 2 fully saturated rings. The third-order valence-electron chi connectivity index (χ3n) is 6.50. The highest BCUT2D eigenvalue weighted by atomic mass is 32.1. The van der Waals surface area contributed by atoms with E-state index in [9.17, 15) is 9.59 Å². The SMILES string of the molecule is CN(C(=O)C1CCCC1)c1nc(-c2ccc3c(c2)CCCN3C(=O)C2CC2)cs1. The number of aromatic nitrogens is 1. The highest BCUT2D eigenvalue weighted by molar-refractivity contribution is 7.14. The zero-order valence-corrected chi connectivity index (χ0v) is 17.7. The maximum atomic E-state index is 12.7. The lowest BCUT2D eigenvalue weighted by Gasteiger charge is -2.30. The summed E-state index contributed by atoms with van der Waals surface area (Å²) in [7, 11) is 1.84. The number of fused-ring (bicyclic) bond motifs is 1. The summed E-state index contributed by atoms with van der Waals surface area (Å²) in [5, 5.41) is 2.80. The quantitative estimate of drug-likeness (QED) is 0.738. The number of carbonyl (C=O) groups excluding carboxylic acids is 2. The van der Waals surface area contributed by atoms with Crippen molar-refractivity contribution in [3.05, 3.63) is 29.1 Å². The summed E-state index contributed by atoms with van der Waals surface area (Å²) >= 11 is 1.52. The molecule has 2 amide bonds. The van der Waals surface area contributed by atoms with Crippen molar-refractivity contribution < 1.29 is 9.59 Å². The lowest BCUT2D eigenvalue weighted by atomic mass is 9.98. The number of hydrogen-bond acceptors (Lipinski definition) is 4. The van der Waals surface area contributed by atoms with Crippen LogP contribution in [0.3, 0.4) is 0 Å². The van der Waals surface area contributed by atoms with Gasteiger partial charge in [0.1, 0.15) is 0 Å². The van der Waals surface area contributed by atoms with Crippen molar-refractivity contribution in [1.29, 1.82) is 0 Å². The average molecular weight is 410 g/mol. The molecule has 0 atom stereocenters. The van der Waals surface area contributed by atoms with E-state index in [1.165, 1.54) is 16.9 Å². The molecule has 29 heavy (non-hydrogen) atoms. The van der Waals surface area contributed by atoms with Gasteiger partial charge in [0.2, 0.25) is 11.8 Å². The molecule has 2 aliphatic carbocycles. The van der Waals surface area contributed by atoms with E-state index in [1.807, 2.05) is 17.3 Å². The van der Waals surface area contributed by atoms with Crippen molar-refractivity contribution in [2.24, 2.45) is 11.8 Å². The van der Waals surface area contributed by atoms with Crippen molar-refractivity contribution in [1.82, 2.24) is 4.98 Å². The van der Waals surface area contributed by atoms with E-state index >= 15 is 0 Å². The minimum Gasteiger partial charge on any atom is -0.312 e. The monoisotopic (exact) mass is 409 g/mol. The number of hydrogen-bond donors (Lipinski definition) is 0. The smallest absolute Gasteiger partial charge is 0.231 e. The molecule has 1 aliphatic heterocycles. The topological polar surface area (TPSA) is 53.5 Å². The fraction of sp³-hybridized carbons (Fsp3) is 0.522. The Morgan fingerprint density at radius 3 is 2.66 bits per heavy atom. The Balaban J connectivity index is 1.36. The van der Waals surface area contributed by atoms with Crippen LogP contribution in [0, 0.1) is 11.8 Å². The first-order valence-corrected chi connectivity index (χ1v) is 11.7. The van der Waals surface area contributed by atoms with Crippen LogP contribution in [0.5, 0.6) is 0 Å². The first-order valence-electron chi connectivity index (χ1n) is 10.8. The zero-order chi connectivity index (χ0) is 20.0. The Labute approximate surface area is 175 Å². The summed E-state index contributed by atoms with van der Waals surface area (Å²) in [6.45, 7) is 0.830. The molecule has 2 heterocycles. The summed E-state index contributed by atoms with van der Waals surface area (Å²) < 4.78 is 0. The second kappa shape index (κ2) is 7.56.